The van der Waals surface area contributed by atoms with E-state index in [9.17, 15) is 9.18 Å². The van der Waals surface area contributed by atoms with E-state index in [0.717, 1.165) is 29.9 Å². The van der Waals surface area contributed by atoms with Gasteiger partial charge in [-0.05, 0) is 31.5 Å². The van der Waals surface area contributed by atoms with Gasteiger partial charge < -0.3 is 5.32 Å². The van der Waals surface area contributed by atoms with Gasteiger partial charge >= 0.3 is 0 Å². The molecule has 1 aromatic heterocycles. The Hall–Kier alpha value is -2.28. The van der Waals surface area contributed by atoms with Crippen molar-refractivity contribution >= 4 is 5.91 Å². The maximum absolute atomic E-state index is 13.0. The average molecular weight is 317 g/mol. The Bertz CT molecular complexity index is 684. The lowest BCUT2D eigenvalue weighted by Crippen LogP contribution is -2.47. The molecule has 122 valence electrons. The van der Waals surface area contributed by atoms with Crippen LogP contribution in [0.1, 0.15) is 36.8 Å². The number of aromatic nitrogens is 3. The van der Waals surface area contributed by atoms with Gasteiger partial charge in [-0.1, -0.05) is 12.1 Å². The van der Waals surface area contributed by atoms with E-state index < -0.39 is 0 Å². The molecule has 1 amide bonds. The molecule has 0 fully saturated rings. The first-order valence-corrected chi connectivity index (χ1v) is 7.73. The molecule has 0 unspecified atom stereocenters. The molecule has 2 N–H and O–H groups in total. The van der Waals surface area contributed by atoms with Crippen LogP contribution in [0.5, 0.6) is 0 Å². The summed E-state index contributed by atoms with van der Waals surface area (Å²) in [5.41, 5.74) is 2.76. The minimum absolute atomic E-state index is 0.0474. The molecule has 0 saturated carbocycles. The zero-order valence-electron chi connectivity index (χ0n) is 13.2. The third-order valence-electron chi connectivity index (χ3n) is 4.35. The Morgan fingerprint density at radius 1 is 1.26 bits per heavy atom. The minimum Gasteiger partial charge on any atom is -0.348 e. The van der Waals surface area contributed by atoms with Crippen LogP contribution in [0.2, 0.25) is 0 Å². The third kappa shape index (κ3) is 3.39. The van der Waals surface area contributed by atoms with Crippen molar-refractivity contribution in [3.63, 3.8) is 0 Å². The zero-order chi connectivity index (χ0) is 16.4. The molecular formula is C16H20FN5O. The van der Waals surface area contributed by atoms with Crippen LogP contribution >= 0.6 is 0 Å². The van der Waals surface area contributed by atoms with E-state index in [1.54, 1.807) is 12.1 Å². The molecule has 3 rings (SSSR count). The van der Waals surface area contributed by atoms with Gasteiger partial charge in [-0.25, -0.2) is 4.39 Å². The average Bonchev–Trinajstić information content (AvgIpc) is 3.02. The lowest BCUT2D eigenvalue weighted by Gasteiger charge is -2.31. The first-order valence-electron chi connectivity index (χ1n) is 7.73. The lowest BCUT2D eigenvalue weighted by molar-refractivity contribution is -0.126. The molecule has 0 radical (unpaired) electrons. The van der Waals surface area contributed by atoms with Gasteiger partial charge in [-0.15, -0.1) is 0 Å². The predicted molar refractivity (Wildman–Crippen MR) is 82.9 cm³/mol. The van der Waals surface area contributed by atoms with Gasteiger partial charge in [0, 0.05) is 19.5 Å². The number of hydrogen-bond donors (Lipinski definition) is 2. The standard InChI is InChI=1S/C16H20FN5O/c1-10(12-3-5-13(17)6-4-12)18-16(23)11(2)22-8-7-14-15(9-22)20-21-19-14/h3-6,10-11H,7-9H2,1-2H3,(H,18,23)(H,19,20,21)/t10-,11+/m1/s1. The summed E-state index contributed by atoms with van der Waals surface area (Å²) in [5, 5.41) is 13.8. The molecular weight excluding hydrogens is 297 g/mol. The Morgan fingerprint density at radius 3 is 2.70 bits per heavy atom. The molecule has 2 aromatic rings. The van der Waals surface area contributed by atoms with Gasteiger partial charge in [0.2, 0.25) is 5.91 Å². The Labute approximate surface area is 134 Å². The van der Waals surface area contributed by atoms with E-state index in [2.05, 4.69) is 25.6 Å². The van der Waals surface area contributed by atoms with Crippen molar-refractivity contribution in [2.45, 2.75) is 38.9 Å². The number of carbonyl (C=O) groups is 1. The van der Waals surface area contributed by atoms with Crippen LogP contribution in [-0.2, 0) is 17.8 Å². The van der Waals surface area contributed by atoms with E-state index in [0.29, 0.717) is 6.54 Å². The summed E-state index contributed by atoms with van der Waals surface area (Å²) in [7, 11) is 0. The molecule has 0 bridgehead atoms. The van der Waals surface area contributed by atoms with Gasteiger partial charge in [0.05, 0.1) is 23.5 Å². The normalized spacial score (nSPS) is 17.3. The fraction of sp³-hybridized carbons (Fsp3) is 0.438. The molecule has 7 heteroatoms. The first-order chi connectivity index (χ1) is 11.0. The lowest BCUT2D eigenvalue weighted by atomic mass is 10.1. The summed E-state index contributed by atoms with van der Waals surface area (Å²) in [5.74, 6) is -0.328. The van der Waals surface area contributed by atoms with Gasteiger partial charge in [-0.2, -0.15) is 15.4 Å². The van der Waals surface area contributed by atoms with Crippen molar-refractivity contribution in [1.82, 2.24) is 25.6 Å². The monoisotopic (exact) mass is 317 g/mol. The van der Waals surface area contributed by atoms with Gasteiger partial charge in [-0.3, -0.25) is 9.69 Å². The topological polar surface area (TPSA) is 73.9 Å². The van der Waals surface area contributed by atoms with Crippen LogP contribution in [0.3, 0.4) is 0 Å². The zero-order valence-corrected chi connectivity index (χ0v) is 13.2. The van der Waals surface area contributed by atoms with Crippen molar-refractivity contribution in [3.8, 4) is 0 Å². The van der Waals surface area contributed by atoms with E-state index in [1.165, 1.54) is 12.1 Å². The maximum Gasteiger partial charge on any atom is 0.237 e. The predicted octanol–water partition coefficient (Wildman–Crippen LogP) is 1.57. The van der Waals surface area contributed by atoms with Crippen molar-refractivity contribution in [1.29, 1.82) is 0 Å². The number of rotatable bonds is 4. The highest BCUT2D eigenvalue weighted by atomic mass is 19.1. The van der Waals surface area contributed by atoms with Gasteiger partial charge in [0.1, 0.15) is 5.82 Å². The van der Waals surface area contributed by atoms with Gasteiger partial charge in [0.25, 0.3) is 0 Å². The second kappa shape index (κ2) is 6.45. The Morgan fingerprint density at radius 2 is 1.96 bits per heavy atom. The quantitative estimate of drug-likeness (QED) is 0.898. The summed E-state index contributed by atoms with van der Waals surface area (Å²) in [4.78, 5) is 14.6. The molecule has 6 nitrogen and oxygen atoms in total. The number of H-pyrrole nitrogens is 1. The summed E-state index contributed by atoms with van der Waals surface area (Å²) in [6.45, 7) is 5.17. The van der Waals surface area contributed by atoms with Crippen LogP contribution in [0, 0.1) is 5.82 Å². The molecule has 1 aliphatic rings. The number of halogens is 1. The molecule has 1 aliphatic heterocycles. The Balaban J connectivity index is 1.60. The highest BCUT2D eigenvalue weighted by Crippen LogP contribution is 2.18. The first kappa shape index (κ1) is 15.6. The number of carbonyl (C=O) groups excluding carboxylic acids is 1. The van der Waals surface area contributed by atoms with Crippen molar-refractivity contribution in [2.24, 2.45) is 0 Å². The number of fused-ring (bicyclic) bond motifs is 1. The number of aromatic amines is 1. The number of hydrogen-bond acceptors (Lipinski definition) is 4. The molecule has 0 saturated heterocycles. The second-order valence-corrected chi connectivity index (χ2v) is 5.90. The van der Waals surface area contributed by atoms with Crippen molar-refractivity contribution < 1.29 is 9.18 Å². The fourth-order valence-corrected chi connectivity index (χ4v) is 2.79. The summed E-state index contributed by atoms with van der Waals surface area (Å²) < 4.78 is 13.0. The summed E-state index contributed by atoms with van der Waals surface area (Å²) >= 11 is 0. The highest BCUT2D eigenvalue weighted by Gasteiger charge is 2.28. The van der Waals surface area contributed by atoms with Crippen molar-refractivity contribution in [2.75, 3.05) is 6.54 Å². The van der Waals surface area contributed by atoms with Crippen molar-refractivity contribution in [3.05, 3.63) is 47.0 Å². The van der Waals surface area contributed by atoms with Crippen LogP contribution < -0.4 is 5.32 Å². The summed E-state index contributed by atoms with van der Waals surface area (Å²) in [6, 6.07) is 5.75. The third-order valence-corrected chi connectivity index (χ3v) is 4.35. The molecule has 1 aromatic carbocycles. The van der Waals surface area contributed by atoms with Crippen LogP contribution in [-0.4, -0.2) is 38.8 Å². The van der Waals surface area contributed by atoms with E-state index >= 15 is 0 Å². The molecule has 2 atom stereocenters. The molecule has 2 heterocycles. The Kier molecular flexibility index (Phi) is 4.38. The van der Waals surface area contributed by atoms with E-state index in [1.807, 2.05) is 13.8 Å². The number of nitrogens with one attached hydrogen (secondary N) is 2. The van der Waals surface area contributed by atoms with E-state index in [-0.39, 0.29) is 23.8 Å². The smallest absolute Gasteiger partial charge is 0.237 e. The SMILES string of the molecule is C[C@@H](NC(=O)[C@H](C)N1CCc2n[nH]nc2C1)c1ccc(F)cc1. The number of benzene rings is 1. The van der Waals surface area contributed by atoms with Gasteiger partial charge in [0.15, 0.2) is 0 Å². The molecule has 0 spiro atoms. The van der Waals surface area contributed by atoms with Crippen LogP contribution in [0.25, 0.3) is 0 Å². The van der Waals surface area contributed by atoms with E-state index in [4.69, 9.17) is 0 Å². The largest absolute Gasteiger partial charge is 0.348 e. The number of nitrogens with zero attached hydrogens (tertiary/aromatic N) is 3. The summed E-state index contributed by atoms with van der Waals surface area (Å²) in [6.07, 6.45) is 0.789. The van der Waals surface area contributed by atoms with Crippen LogP contribution in [0.15, 0.2) is 24.3 Å². The highest BCUT2D eigenvalue weighted by molar-refractivity contribution is 5.81. The van der Waals surface area contributed by atoms with Crippen LogP contribution in [0.4, 0.5) is 4.39 Å². The minimum atomic E-state index is -0.280. The maximum atomic E-state index is 13.0. The fourth-order valence-electron chi connectivity index (χ4n) is 2.79. The number of amides is 1. The molecule has 0 aliphatic carbocycles. The second-order valence-electron chi connectivity index (χ2n) is 5.90. The molecule has 23 heavy (non-hydrogen) atoms.